The monoisotopic (exact) mass is 420 g/mol. The largest absolute Gasteiger partial charge is 0.322 e. The average molecular weight is 421 g/mol. The van der Waals surface area contributed by atoms with Gasteiger partial charge >= 0.3 is 0 Å². The van der Waals surface area contributed by atoms with Gasteiger partial charge in [-0.3, -0.25) is 14.5 Å². The number of carbonyl (C=O) groups is 2. The molecular weight excluding hydrogens is 399 g/mol. The van der Waals surface area contributed by atoms with E-state index in [9.17, 15) is 14.0 Å². The van der Waals surface area contributed by atoms with Gasteiger partial charge in [0.15, 0.2) is 0 Å². The Morgan fingerprint density at radius 2 is 1.67 bits per heavy atom. The van der Waals surface area contributed by atoms with E-state index in [-0.39, 0.29) is 17.2 Å². The van der Waals surface area contributed by atoms with Gasteiger partial charge in [0, 0.05) is 11.3 Å². The summed E-state index contributed by atoms with van der Waals surface area (Å²) in [5.41, 5.74) is 4.40. The van der Waals surface area contributed by atoms with Crippen LogP contribution in [0, 0.1) is 19.7 Å². The minimum absolute atomic E-state index is 0.119. The third kappa shape index (κ3) is 4.09. The molecule has 1 fully saturated rings. The van der Waals surface area contributed by atoms with E-state index in [1.165, 1.54) is 22.7 Å². The molecule has 6 heteroatoms. The first-order chi connectivity index (χ1) is 14.4. The number of carbonyl (C=O) groups excluding carboxylic acids is 2. The Kier molecular flexibility index (Phi) is 5.59. The highest BCUT2D eigenvalue weighted by atomic mass is 32.2. The summed E-state index contributed by atoms with van der Waals surface area (Å²) in [5, 5.41) is 2.57. The minimum Gasteiger partial charge on any atom is -0.322 e. The fraction of sp³-hybridized carbons (Fsp3) is 0.167. The molecule has 4 nitrogen and oxygen atoms in total. The lowest BCUT2D eigenvalue weighted by Crippen LogP contribution is -2.28. The van der Waals surface area contributed by atoms with Crippen molar-refractivity contribution in [3.63, 3.8) is 0 Å². The molecule has 0 radical (unpaired) electrons. The summed E-state index contributed by atoms with van der Waals surface area (Å²) in [7, 11) is 0. The van der Waals surface area contributed by atoms with Crippen LogP contribution in [0.25, 0.3) is 0 Å². The van der Waals surface area contributed by atoms with Gasteiger partial charge < -0.3 is 5.32 Å². The lowest BCUT2D eigenvalue weighted by Gasteiger charge is -2.25. The highest BCUT2D eigenvalue weighted by Crippen LogP contribution is 2.43. The van der Waals surface area contributed by atoms with Crippen LogP contribution in [0.1, 0.15) is 32.4 Å². The topological polar surface area (TPSA) is 49.4 Å². The van der Waals surface area contributed by atoms with Crippen LogP contribution in [-0.2, 0) is 4.79 Å². The summed E-state index contributed by atoms with van der Waals surface area (Å²) >= 11 is 1.46. The third-order valence-corrected chi connectivity index (χ3v) is 6.21. The molecule has 0 saturated carbocycles. The first-order valence-corrected chi connectivity index (χ1v) is 10.6. The molecule has 30 heavy (non-hydrogen) atoms. The second kappa shape index (κ2) is 8.32. The first kappa shape index (κ1) is 20.2. The SMILES string of the molecule is Cc1ccc(C(=O)Nc2ccc(C3SCC(=O)N3c3cc(C)ccc3F)cc2)cc1. The molecule has 0 aromatic heterocycles. The third-order valence-electron chi connectivity index (χ3n) is 5.00. The van der Waals surface area contributed by atoms with Crippen molar-refractivity contribution >= 4 is 35.0 Å². The summed E-state index contributed by atoms with van der Waals surface area (Å²) in [5.74, 6) is -0.421. The number of halogens is 1. The fourth-order valence-corrected chi connectivity index (χ4v) is 4.55. The van der Waals surface area contributed by atoms with Crippen LogP contribution in [-0.4, -0.2) is 17.6 Å². The summed E-state index contributed by atoms with van der Waals surface area (Å²) in [6, 6.07) is 19.5. The lowest BCUT2D eigenvalue weighted by molar-refractivity contribution is -0.115. The molecule has 1 N–H and O–H groups in total. The zero-order valence-electron chi connectivity index (χ0n) is 16.7. The maximum absolute atomic E-state index is 14.4. The summed E-state index contributed by atoms with van der Waals surface area (Å²) in [6.45, 7) is 3.84. The van der Waals surface area contributed by atoms with Gasteiger partial charge in [0.1, 0.15) is 11.2 Å². The zero-order valence-corrected chi connectivity index (χ0v) is 17.5. The Bertz CT molecular complexity index is 1100. The number of anilines is 2. The number of benzene rings is 3. The van der Waals surface area contributed by atoms with E-state index < -0.39 is 5.82 Å². The molecular formula is C24H21FN2O2S. The second-order valence-corrected chi connectivity index (χ2v) is 8.39. The smallest absolute Gasteiger partial charge is 0.255 e. The van der Waals surface area contributed by atoms with Gasteiger partial charge in [-0.2, -0.15) is 0 Å². The second-order valence-electron chi connectivity index (χ2n) is 7.32. The van der Waals surface area contributed by atoms with Gasteiger partial charge in [0.05, 0.1) is 11.4 Å². The maximum Gasteiger partial charge on any atom is 0.255 e. The van der Waals surface area contributed by atoms with Crippen molar-refractivity contribution in [1.29, 1.82) is 0 Å². The predicted molar refractivity (Wildman–Crippen MR) is 119 cm³/mol. The Morgan fingerprint density at radius 3 is 2.37 bits per heavy atom. The highest BCUT2D eigenvalue weighted by molar-refractivity contribution is 8.00. The van der Waals surface area contributed by atoms with Crippen LogP contribution >= 0.6 is 11.8 Å². The molecule has 0 aliphatic carbocycles. The fourth-order valence-electron chi connectivity index (χ4n) is 3.38. The van der Waals surface area contributed by atoms with E-state index in [1.807, 2.05) is 38.1 Å². The van der Waals surface area contributed by atoms with E-state index >= 15 is 0 Å². The molecule has 2 amide bonds. The Hall–Kier alpha value is -3.12. The number of rotatable bonds is 4. The van der Waals surface area contributed by atoms with E-state index in [0.717, 1.165) is 16.7 Å². The molecule has 1 heterocycles. The molecule has 4 rings (SSSR count). The molecule has 1 aliphatic heterocycles. The highest BCUT2D eigenvalue weighted by Gasteiger charge is 2.35. The standard InChI is InChI=1S/C24H21FN2O2S/c1-15-3-6-17(7-4-15)23(29)26-19-10-8-18(9-11-19)24-27(22(28)14-30-24)21-13-16(2)5-12-20(21)25/h3-13,24H,14H2,1-2H3,(H,26,29). The molecule has 3 aromatic rings. The maximum atomic E-state index is 14.4. The summed E-state index contributed by atoms with van der Waals surface area (Å²) in [4.78, 5) is 26.4. The van der Waals surface area contributed by atoms with Gasteiger partial charge in [-0.1, -0.05) is 35.9 Å². The number of nitrogens with one attached hydrogen (secondary N) is 1. The van der Waals surface area contributed by atoms with Crippen LogP contribution in [0.4, 0.5) is 15.8 Å². The molecule has 1 unspecified atom stereocenters. The molecule has 1 atom stereocenters. The van der Waals surface area contributed by atoms with Gasteiger partial charge in [-0.15, -0.1) is 11.8 Å². The van der Waals surface area contributed by atoms with Gasteiger partial charge in [-0.25, -0.2) is 4.39 Å². The number of aryl methyl sites for hydroxylation is 2. The quantitative estimate of drug-likeness (QED) is 0.609. The Labute approximate surface area is 179 Å². The summed E-state index contributed by atoms with van der Waals surface area (Å²) in [6.07, 6.45) is 0. The summed E-state index contributed by atoms with van der Waals surface area (Å²) < 4.78 is 14.4. The lowest BCUT2D eigenvalue weighted by atomic mass is 10.1. The molecule has 0 spiro atoms. The van der Waals surface area contributed by atoms with Crippen molar-refractivity contribution in [2.24, 2.45) is 0 Å². The van der Waals surface area contributed by atoms with Gasteiger partial charge in [0.25, 0.3) is 5.91 Å². The first-order valence-electron chi connectivity index (χ1n) is 9.60. The molecule has 0 bridgehead atoms. The number of thioether (sulfide) groups is 1. The zero-order chi connectivity index (χ0) is 21.3. The van der Waals surface area contributed by atoms with Crippen LogP contribution in [0.2, 0.25) is 0 Å². The number of amides is 2. The molecule has 152 valence electrons. The van der Waals surface area contributed by atoms with Crippen LogP contribution in [0.15, 0.2) is 66.7 Å². The molecule has 3 aromatic carbocycles. The van der Waals surface area contributed by atoms with Crippen molar-refractivity contribution in [1.82, 2.24) is 0 Å². The van der Waals surface area contributed by atoms with Crippen LogP contribution < -0.4 is 10.2 Å². The average Bonchev–Trinajstić information content (AvgIpc) is 3.12. The van der Waals surface area contributed by atoms with Gasteiger partial charge in [0.2, 0.25) is 5.91 Å². The Balaban J connectivity index is 1.54. The van der Waals surface area contributed by atoms with Crippen molar-refractivity contribution in [2.75, 3.05) is 16.0 Å². The number of hydrogen-bond donors (Lipinski definition) is 1. The van der Waals surface area contributed by atoms with E-state index in [2.05, 4.69) is 5.32 Å². The van der Waals surface area contributed by atoms with E-state index in [4.69, 9.17) is 0 Å². The van der Waals surface area contributed by atoms with E-state index in [1.54, 1.807) is 36.4 Å². The normalized spacial score (nSPS) is 16.0. The molecule has 1 saturated heterocycles. The number of hydrogen-bond acceptors (Lipinski definition) is 3. The van der Waals surface area contributed by atoms with Crippen LogP contribution in [0.3, 0.4) is 0 Å². The van der Waals surface area contributed by atoms with Crippen molar-refractivity contribution in [3.8, 4) is 0 Å². The Morgan fingerprint density at radius 1 is 1.00 bits per heavy atom. The predicted octanol–water partition coefficient (Wildman–Crippen LogP) is 5.47. The van der Waals surface area contributed by atoms with Crippen molar-refractivity contribution in [2.45, 2.75) is 19.2 Å². The molecule has 1 aliphatic rings. The van der Waals surface area contributed by atoms with E-state index in [0.29, 0.717) is 22.7 Å². The number of nitrogens with zero attached hydrogens (tertiary/aromatic N) is 1. The van der Waals surface area contributed by atoms with Gasteiger partial charge in [-0.05, 0) is 61.4 Å². The van der Waals surface area contributed by atoms with Crippen molar-refractivity contribution in [3.05, 3.63) is 94.8 Å². The minimum atomic E-state index is -0.413. The van der Waals surface area contributed by atoms with Crippen molar-refractivity contribution < 1.29 is 14.0 Å². The van der Waals surface area contributed by atoms with Crippen LogP contribution in [0.5, 0.6) is 0 Å².